The molecule has 3 nitrogen and oxygen atoms in total. The average molecular weight is 213 g/mol. The van der Waals surface area contributed by atoms with Gasteiger partial charge in [0.25, 0.3) is 0 Å². The van der Waals surface area contributed by atoms with Crippen molar-refractivity contribution in [3.05, 3.63) is 0 Å². The van der Waals surface area contributed by atoms with Crippen LogP contribution in [0.15, 0.2) is 0 Å². The van der Waals surface area contributed by atoms with Crippen LogP contribution in [0.25, 0.3) is 0 Å². The zero-order valence-electron chi connectivity index (χ0n) is 10.1. The Balaban J connectivity index is 2.39. The minimum Gasteiger partial charge on any atom is -0.462 e. The topological polar surface area (TPSA) is 52.3 Å². The molecule has 0 unspecified atom stereocenters. The average Bonchev–Trinajstić information content (AvgIpc) is 2.21. The predicted octanol–water partition coefficient (Wildman–Crippen LogP) is 2.09. The molecule has 15 heavy (non-hydrogen) atoms. The molecule has 2 N–H and O–H groups in total. The lowest BCUT2D eigenvalue weighted by molar-refractivity contribution is -0.160. The van der Waals surface area contributed by atoms with Crippen LogP contribution in [0.2, 0.25) is 0 Å². The zero-order chi connectivity index (χ0) is 11.5. The molecule has 88 valence electrons. The second-order valence-electron chi connectivity index (χ2n) is 5.38. The fourth-order valence-electron chi connectivity index (χ4n) is 1.74. The molecule has 0 bridgehead atoms. The van der Waals surface area contributed by atoms with E-state index in [1.54, 1.807) is 0 Å². The van der Waals surface area contributed by atoms with Crippen LogP contribution in [-0.2, 0) is 9.53 Å². The van der Waals surface area contributed by atoms with Gasteiger partial charge < -0.3 is 10.5 Å². The van der Waals surface area contributed by atoms with Gasteiger partial charge in [0.1, 0.15) is 6.10 Å². The van der Waals surface area contributed by atoms with Crippen LogP contribution in [0, 0.1) is 11.3 Å². The second kappa shape index (κ2) is 4.97. The molecule has 0 heterocycles. The Morgan fingerprint density at radius 3 is 2.33 bits per heavy atom. The highest BCUT2D eigenvalue weighted by Crippen LogP contribution is 2.27. The van der Waals surface area contributed by atoms with Crippen LogP contribution in [-0.4, -0.2) is 18.6 Å². The SMILES string of the molecule is CC1CCC(OC(=O)C(C)(C)CN)CC1. The van der Waals surface area contributed by atoms with Crippen molar-refractivity contribution in [2.24, 2.45) is 17.1 Å². The van der Waals surface area contributed by atoms with Crippen LogP contribution in [0.4, 0.5) is 0 Å². The van der Waals surface area contributed by atoms with E-state index in [9.17, 15) is 4.79 Å². The van der Waals surface area contributed by atoms with E-state index in [0.717, 1.165) is 18.8 Å². The van der Waals surface area contributed by atoms with Crippen molar-refractivity contribution in [2.75, 3.05) is 6.54 Å². The minimum atomic E-state index is -0.539. The molecular weight excluding hydrogens is 190 g/mol. The summed E-state index contributed by atoms with van der Waals surface area (Å²) in [7, 11) is 0. The summed E-state index contributed by atoms with van der Waals surface area (Å²) in [6, 6.07) is 0. The lowest BCUT2D eigenvalue weighted by atomic mass is 9.88. The normalized spacial score (nSPS) is 27.5. The molecule has 1 fully saturated rings. The summed E-state index contributed by atoms with van der Waals surface area (Å²) in [5.41, 5.74) is 4.99. The molecule has 1 saturated carbocycles. The van der Waals surface area contributed by atoms with Crippen LogP contribution in [0.1, 0.15) is 46.5 Å². The Hall–Kier alpha value is -0.570. The molecule has 0 spiro atoms. The lowest BCUT2D eigenvalue weighted by Crippen LogP contribution is -2.37. The smallest absolute Gasteiger partial charge is 0.313 e. The Bertz CT molecular complexity index is 218. The van der Waals surface area contributed by atoms with Crippen LogP contribution in [0.3, 0.4) is 0 Å². The molecule has 1 aliphatic rings. The molecule has 3 heteroatoms. The van der Waals surface area contributed by atoms with Gasteiger partial charge in [0.15, 0.2) is 0 Å². The highest BCUT2D eigenvalue weighted by Gasteiger charge is 2.31. The summed E-state index contributed by atoms with van der Waals surface area (Å²) in [6.45, 7) is 6.26. The van der Waals surface area contributed by atoms with Gasteiger partial charge in [0, 0.05) is 6.54 Å². The summed E-state index contributed by atoms with van der Waals surface area (Å²) < 4.78 is 5.48. The van der Waals surface area contributed by atoms with Gasteiger partial charge in [-0.2, -0.15) is 0 Å². The lowest BCUT2D eigenvalue weighted by Gasteiger charge is -2.29. The van der Waals surface area contributed by atoms with Crippen LogP contribution in [0.5, 0.6) is 0 Å². The quantitative estimate of drug-likeness (QED) is 0.730. The first-order chi connectivity index (χ1) is 6.95. The first kappa shape index (κ1) is 12.5. The van der Waals surface area contributed by atoms with Gasteiger partial charge in [-0.25, -0.2) is 0 Å². The number of esters is 1. The molecule has 0 atom stereocenters. The van der Waals surface area contributed by atoms with E-state index < -0.39 is 5.41 Å². The number of ether oxygens (including phenoxy) is 1. The molecule has 0 amide bonds. The summed E-state index contributed by atoms with van der Waals surface area (Å²) in [5, 5.41) is 0. The molecule has 0 saturated heterocycles. The summed E-state index contributed by atoms with van der Waals surface area (Å²) in [4.78, 5) is 11.7. The third kappa shape index (κ3) is 3.49. The van der Waals surface area contributed by atoms with Crippen molar-refractivity contribution in [2.45, 2.75) is 52.6 Å². The number of hydrogen-bond acceptors (Lipinski definition) is 3. The largest absolute Gasteiger partial charge is 0.462 e. The predicted molar refractivity (Wildman–Crippen MR) is 60.3 cm³/mol. The minimum absolute atomic E-state index is 0.125. The van der Waals surface area contributed by atoms with E-state index in [0.29, 0.717) is 6.54 Å². The van der Waals surface area contributed by atoms with E-state index >= 15 is 0 Å². The van der Waals surface area contributed by atoms with E-state index in [-0.39, 0.29) is 12.1 Å². The Morgan fingerprint density at radius 2 is 1.87 bits per heavy atom. The molecule has 0 aromatic carbocycles. The maximum absolute atomic E-state index is 11.7. The second-order valence-corrected chi connectivity index (χ2v) is 5.38. The maximum atomic E-state index is 11.7. The standard InChI is InChI=1S/C12H23NO2/c1-9-4-6-10(7-5-9)15-11(14)12(2,3)8-13/h9-10H,4-8,13H2,1-3H3. The van der Waals surface area contributed by atoms with E-state index in [1.807, 2.05) is 13.8 Å². The van der Waals surface area contributed by atoms with Crippen molar-refractivity contribution >= 4 is 5.97 Å². The summed E-state index contributed by atoms with van der Waals surface area (Å²) >= 11 is 0. The first-order valence-corrected chi connectivity index (χ1v) is 5.87. The van der Waals surface area contributed by atoms with Gasteiger partial charge in [0.05, 0.1) is 5.41 Å². The van der Waals surface area contributed by atoms with Crippen molar-refractivity contribution in [3.63, 3.8) is 0 Å². The van der Waals surface area contributed by atoms with E-state index in [1.165, 1.54) is 12.8 Å². The van der Waals surface area contributed by atoms with Gasteiger partial charge in [-0.05, 0) is 45.4 Å². The molecule has 1 rings (SSSR count). The Kier molecular flexibility index (Phi) is 4.14. The molecule has 0 aromatic heterocycles. The van der Waals surface area contributed by atoms with Crippen molar-refractivity contribution in [3.8, 4) is 0 Å². The van der Waals surface area contributed by atoms with Gasteiger partial charge in [-0.1, -0.05) is 6.92 Å². The van der Waals surface area contributed by atoms with Gasteiger partial charge >= 0.3 is 5.97 Å². The van der Waals surface area contributed by atoms with Crippen molar-refractivity contribution in [1.29, 1.82) is 0 Å². The number of rotatable bonds is 3. The van der Waals surface area contributed by atoms with Crippen LogP contribution < -0.4 is 5.73 Å². The molecule has 1 aliphatic carbocycles. The van der Waals surface area contributed by atoms with Gasteiger partial charge in [-0.15, -0.1) is 0 Å². The van der Waals surface area contributed by atoms with Gasteiger partial charge in [0.2, 0.25) is 0 Å². The third-order valence-electron chi connectivity index (χ3n) is 3.30. The number of carbonyl (C=O) groups is 1. The molecule has 0 aromatic rings. The third-order valence-corrected chi connectivity index (χ3v) is 3.30. The molecular formula is C12H23NO2. The van der Waals surface area contributed by atoms with Crippen LogP contribution >= 0.6 is 0 Å². The van der Waals surface area contributed by atoms with E-state index in [2.05, 4.69) is 6.92 Å². The molecule has 0 aliphatic heterocycles. The fraction of sp³-hybridized carbons (Fsp3) is 0.917. The number of carbonyl (C=O) groups excluding carboxylic acids is 1. The first-order valence-electron chi connectivity index (χ1n) is 5.87. The highest BCUT2D eigenvalue weighted by molar-refractivity contribution is 5.76. The highest BCUT2D eigenvalue weighted by atomic mass is 16.5. The Labute approximate surface area is 92.4 Å². The summed E-state index contributed by atoms with van der Waals surface area (Å²) in [6.07, 6.45) is 4.47. The molecule has 0 radical (unpaired) electrons. The monoisotopic (exact) mass is 213 g/mol. The number of hydrogen-bond donors (Lipinski definition) is 1. The van der Waals surface area contributed by atoms with Gasteiger partial charge in [-0.3, -0.25) is 4.79 Å². The zero-order valence-corrected chi connectivity index (χ0v) is 10.1. The van der Waals surface area contributed by atoms with Crippen molar-refractivity contribution < 1.29 is 9.53 Å². The number of nitrogens with two attached hydrogens (primary N) is 1. The Morgan fingerprint density at radius 1 is 1.33 bits per heavy atom. The van der Waals surface area contributed by atoms with E-state index in [4.69, 9.17) is 10.5 Å². The fourth-order valence-corrected chi connectivity index (χ4v) is 1.74. The van der Waals surface area contributed by atoms with Crippen molar-refractivity contribution in [1.82, 2.24) is 0 Å². The maximum Gasteiger partial charge on any atom is 0.313 e. The summed E-state index contributed by atoms with van der Waals surface area (Å²) in [5.74, 6) is 0.632.